The molecule has 0 amide bonds. The first-order valence-electron chi connectivity index (χ1n) is 7.86. The standard InChI is InChI=1S/C18H10ClF3N4O2/c1-25-7-23-14(17(25)22)9-2-3-10(20)13(21)12(9)15-16(19)26-5-4-8(18(27)28)6-11(26)24-15/h2-7H,1H3,(H,27,28). The number of aryl methyl sites for hydroxylation is 1. The number of imidazole rings is 2. The number of carbonyl (C=O) groups is 1. The predicted octanol–water partition coefficient (Wildman–Crippen LogP) is 4.17. The summed E-state index contributed by atoms with van der Waals surface area (Å²) in [5, 5.41) is 9.02. The average molecular weight is 407 g/mol. The molecule has 142 valence electrons. The van der Waals surface area contributed by atoms with Crippen LogP contribution in [0.4, 0.5) is 13.2 Å². The van der Waals surface area contributed by atoms with E-state index in [0.29, 0.717) is 0 Å². The van der Waals surface area contributed by atoms with Gasteiger partial charge in [0.05, 0.1) is 17.5 Å². The van der Waals surface area contributed by atoms with E-state index in [9.17, 15) is 18.0 Å². The fourth-order valence-electron chi connectivity index (χ4n) is 2.88. The topological polar surface area (TPSA) is 72.4 Å². The van der Waals surface area contributed by atoms with Crippen molar-refractivity contribution < 1.29 is 23.1 Å². The molecule has 0 aliphatic rings. The Balaban J connectivity index is 2.04. The van der Waals surface area contributed by atoms with Gasteiger partial charge in [0, 0.05) is 18.8 Å². The van der Waals surface area contributed by atoms with E-state index in [1.54, 1.807) is 0 Å². The van der Waals surface area contributed by atoms with E-state index < -0.39 is 23.6 Å². The lowest BCUT2D eigenvalue weighted by Gasteiger charge is -2.08. The van der Waals surface area contributed by atoms with Crippen molar-refractivity contribution >= 4 is 23.2 Å². The molecule has 1 N–H and O–H groups in total. The van der Waals surface area contributed by atoms with Crippen molar-refractivity contribution in [2.24, 2.45) is 7.05 Å². The second-order valence-corrected chi connectivity index (χ2v) is 6.34. The first-order chi connectivity index (χ1) is 13.3. The summed E-state index contributed by atoms with van der Waals surface area (Å²) < 4.78 is 45.5. The molecule has 28 heavy (non-hydrogen) atoms. The van der Waals surface area contributed by atoms with Crippen molar-refractivity contribution in [1.29, 1.82) is 0 Å². The van der Waals surface area contributed by atoms with Gasteiger partial charge >= 0.3 is 5.97 Å². The number of aromatic nitrogens is 4. The minimum atomic E-state index is -1.27. The Morgan fingerprint density at radius 2 is 1.93 bits per heavy atom. The maximum absolute atomic E-state index is 14.8. The zero-order valence-electron chi connectivity index (χ0n) is 14.1. The summed E-state index contributed by atoms with van der Waals surface area (Å²) in [5.74, 6) is -4.38. The van der Waals surface area contributed by atoms with E-state index in [2.05, 4.69) is 9.97 Å². The molecule has 0 bridgehead atoms. The van der Waals surface area contributed by atoms with Gasteiger partial charge in [-0.1, -0.05) is 11.6 Å². The van der Waals surface area contributed by atoms with Crippen LogP contribution in [-0.4, -0.2) is 30.0 Å². The number of hydrogen-bond donors (Lipinski definition) is 1. The van der Waals surface area contributed by atoms with Crippen molar-refractivity contribution in [3.05, 3.63) is 65.1 Å². The number of benzene rings is 1. The SMILES string of the molecule is Cn1cnc(-c2ccc(F)c(F)c2-c2nc3cc(C(=O)O)ccn3c2Cl)c1F. The zero-order chi connectivity index (χ0) is 20.2. The van der Waals surface area contributed by atoms with Crippen LogP contribution < -0.4 is 0 Å². The highest BCUT2D eigenvalue weighted by atomic mass is 35.5. The summed E-state index contributed by atoms with van der Waals surface area (Å²) in [7, 11) is 1.41. The number of pyridine rings is 1. The van der Waals surface area contributed by atoms with E-state index in [1.807, 2.05) is 0 Å². The van der Waals surface area contributed by atoms with Gasteiger partial charge in [-0.2, -0.15) is 4.39 Å². The van der Waals surface area contributed by atoms with Crippen molar-refractivity contribution in [3.63, 3.8) is 0 Å². The van der Waals surface area contributed by atoms with Crippen molar-refractivity contribution in [2.45, 2.75) is 0 Å². The largest absolute Gasteiger partial charge is 0.478 e. The van der Waals surface area contributed by atoms with Gasteiger partial charge in [0.2, 0.25) is 5.95 Å². The molecule has 0 atom stereocenters. The Morgan fingerprint density at radius 3 is 2.57 bits per heavy atom. The highest BCUT2D eigenvalue weighted by Crippen LogP contribution is 2.39. The molecule has 0 unspecified atom stereocenters. The summed E-state index contributed by atoms with van der Waals surface area (Å²) in [6.45, 7) is 0. The quantitative estimate of drug-likeness (QED) is 0.554. The number of hydrogen-bond acceptors (Lipinski definition) is 3. The van der Waals surface area contributed by atoms with Crippen LogP contribution in [0.5, 0.6) is 0 Å². The van der Waals surface area contributed by atoms with Crippen molar-refractivity contribution in [1.82, 2.24) is 18.9 Å². The Bertz CT molecular complexity index is 1270. The molecule has 6 nitrogen and oxygen atoms in total. The molecule has 0 spiro atoms. The number of halogens is 4. The van der Waals surface area contributed by atoms with Gasteiger partial charge in [-0.05, 0) is 24.3 Å². The van der Waals surface area contributed by atoms with E-state index in [-0.39, 0.29) is 38.9 Å². The third-order valence-corrected chi connectivity index (χ3v) is 4.63. The van der Waals surface area contributed by atoms with Gasteiger partial charge in [0.1, 0.15) is 22.2 Å². The lowest BCUT2D eigenvalue weighted by molar-refractivity contribution is 0.0697. The molecule has 4 aromatic rings. The predicted molar refractivity (Wildman–Crippen MR) is 94.7 cm³/mol. The molecule has 0 radical (unpaired) electrons. The van der Waals surface area contributed by atoms with E-state index in [0.717, 1.165) is 10.6 Å². The molecule has 0 fully saturated rings. The molecule has 0 saturated heterocycles. The number of carboxylic acid groups (broad SMARTS) is 1. The Kier molecular flexibility index (Phi) is 4.11. The summed E-state index contributed by atoms with van der Waals surface area (Å²) in [5.41, 5.74) is -0.728. The van der Waals surface area contributed by atoms with Gasteiger partial charge in [-0.3, -0.25) is 4.40 Å². The highest BCUT2D eigenvalue weighted by Gasteiger charge is 2.26. The third kappa shape index (κ3) is 2.63. The van der Waals surface area contributed by atoms with Crippen LogP contribution in [0.3, 0.4) is 0 Å². The minimum Gasteiger partial charge on any atom is -0.478 e. The fraction of sp³-hybridized carbons (Fsp3) is 0.0556. The van der Waals surface area contributed by atoms with Crippen LogP contribution in [0.2, 0.25) is 5.15 Å². The Morgan fingerprint density at radius 1 is 1.18 bits per heavy atom. The number of nitrogens with zero attached hydrogens (tertiary/aromatic N) is 4. The molecule has 3 aromatic heterocycles. The van der Waals surface area contributed by atoms with Gasteiger partial charge in [-0.15, -0.1) is 0 Å². The van der Waals surface area contributed by atoms with Crippen LogP contribution in [0.15, 0.2) is 36.8 Å². The van der Waals surface area contributed by atoms with Crippen LogP contribution in [0.25, 0.3) is 28.2 Å². The summed E-state index contributed by atoms with van der Waals surface area (Å²) in [6.07, 6.45) is 2.54. The number of rotatable bonds is 3. The molecule has 4 rings (SSSR count). The summed E-state index contributed by atoms with van der Waals surface area (Å²) in [6, 6.07) is 4.56. The molecule has 0 aliphatic carbocycles. The number of fused-ring (bicyclic) bond motifs is 1. The Hall–Kier alpha value is -3.33. The molecule has 0 aliphatic heterocycles. The molecule has 0 saturated carbocycles. The number of carboxylic acids is 1. The maximum Gasteiger partial charge on any atom is 0.335 e. The van der Waals surface area contributed by atoms with E-state index >= 15 is 0 Å². The van der Waals surface area contributed by atoms with Crippen LogP contribution in [-0.2, 0) is 7.05 Å². The second kappa shape index (κ2) is 6.38. The van der Waals surface area contributed by atoms with E-state index in [4.69, 9.17) is 16.7 Å². The lowest BCUT2D eigenvalue weighted by Crippen LogP contribution is -1.97. The summed E-state index contributed by atoms with van der Waals surface area (Å²) in [4.78, 5) is 19.2. The van der Waals surface area contributed by atoms with Crippen molar-refractivity contribution in [2.75, 3.05) is 0 Å². The first kappa shape index (κ1) is 18.1. The normalized spacial score (nSPS) is 11.3. The lowest BCUT2D eigenvalue weighted by atomic mass is 10.0. The Labute approximate surface area is 160 Å². The van der Waals surface area contributed by atoms with Gasteiger partial charge < -0.3 is 9.67 Å². The molecular weight excluding hydrogens is 397 g/mol. The smallest absolute Gasteiger partial charge is 0.335 e. The number of aromatic carboxylic acids is 1. The zero-order valence-corrected chi connectivity index (χ0v) is 14.9. The molecule has 1 aromatic carbocycles. The molecule has 3 heterocycles. The molecular formula is C18H10ClF3N4O2. The fourth-order valence-corrected chi connectivity index (χ4v) is 3.16. The van der Waals surface area contributed by atoms with Gasteiger partial charge in [-0.25, -0.2) is 23.5 Å². The summed E-state index contributed by atoms with van der Waals surface area (Å²) >= 11 is 6.30. The monoisotopic (exact) mass is 406 g/mol. The second-order valence-electron chi connectivity index (χ2n) is 5.98. The van der Waals surface area contributed by atoms with Gasteiger partial charge in [0.15, 0.2) is 11.6 Å². The van der Waals surface area contributed by atoms with Crippen LogP contribution in [0, 0.1) is 17.6 Å². The highest BCUT2D eigenvalue weighted by molar-refractivity contribution is 6.32. The minimum absolute atomic E-state index is 0.0410. The molecule has 10 heteroatoms. The third-order valence-electron chi connectivity index (χ3n) is 4.27. The maximum atomic E-state index is 14.8. The van der Waals surface area contributed by atoms with Crippen LogP contribution >= 0.6 is 11.6 Å². The van der Waals surface area contributed by atoms with Gasteiger partial charge in [0.25, 0.3) is 0 Å². The van der Waals surface area contributed by atoms with Crippen LogP contribution in [0.1, 0.15) is 10.4 Å². The van der Waals surface area contributed by atoms with Crippen molar-refractivity contribution in [3.8, 4) is 22.5 Å². The average Bonchev–Trinajstić information content (AvgIpc) is 3.17. The van der Waals surface area contributed by atoms with E-state index in [1.165, 1.54) is 42.2 Å². The first-order valence-corrected chi connectivity index (χ1v) is 8.24.